The predicted octanol–water partition coefficient (Wildman–Crippen LogP) is 2.79. The zero-order chi connectivity index (χ0) is 16.4. The third-order valence-electron chi connectivity index (χ3n) is 3.87. The van der Waals surface area contributed by atoms with Crippen LogP contribution >= 0.6 is 23.7 Å². The first-order chi connectivity index (χ1) is 11.1. The van der Waals surface area contributed by atoms with Crippen LogP contribution in [0.5, 0.6) is 0 Å². The minimum Gasteiger partial charge on any atom is -0.459 e. The van der Waals surface area contributed by atoms with E-state index < -0.39 is 0 Å². The summed E-state index contributed by atoms with van der Waals surface area (Å²) in [6.07, 6.45) is 3.68. The number of thiophene rings is 1. The maximum Gasteiger partial charge on any atom is 0.291 e. The Morgan fingerprint density at radius 3 is 2.75 bits per heavy atom. The molecule has 1 saturated carbocycles. The van der Waals surface area contributed by atoms with Gasteiger partial charge in [-0.15, -0.1) is 23.7 Å². The van der Waals surface area contributed by atoms with Gasteiger partial charge in [-0.25, -0.2) is 0 Å². The van der Waals surface area contributed by atoms with E-state index in [1.165, 1.54) is 17.6 Å². The molecule has 0 spiro atoms. The highest BCUT2D eigenvalue weighted by molar-refractivity contribution is 7.18. The van der Waals surface area contributed by atoms with Crippen molar-refractivity contribution in [3.63, 3.8) is 0 Å². The number of aryl methyl sites for hydroxylation is 1. The molecule has 3 rings (SSSR count). The zero-order valence-corrected chi connectivity index (χ0v) is 14.8. The number of rotatable bonds is 6. The molecule has 6 nitrogen and oxygen atoms in total. The van der Waals surface area contributed by atoms with Gasteiger partial charge in [-0.1, -0.05) is 0 Å². The van der Waals surface area contributed by atoms with Gasteiger partial charge < -0.3 is 20.8 Å². The molecule has 1 atom stereocenters. The van der Waals surface area contributed by atoms with Crippen molar-refractivity contribution in [2.24, 2.45) is 11.7 Å². The number of halogens is 1. The van der Waals surface area contributed by atoms with Crippen molar-refractivity contribution in [2.45, 2.75) is 25.8 Å². The number of nitrogens with one attached hydrogen (secondary N) is 2. The Balaban J connectivity index is 0.00000208. The van der Waals surface area contributed by atoms with Crippen molar-refractivity contribution in [1.82, 2.24) is 5.32 Å². The molecular weight excluding hydrogens is 350 g/mol. The number of hydrogen-bond donors (Lipinski definition) is 3. The highest BCUT2D eigenvalue weighted by atomic mass is 35.5. The smallest absolute Gasteiger partial charge is 0.291 e. The Morgan fingerprint density at radius 1 is 1.42 bits per heavy atom. The Bertz CT molecular complexity index is 710. The molecule has 1 aliphatic rings. The number of carbonyl (C=O) groups excluding carboxylic acids is 2. The third kappa shape index (κ3) is 4.17. The summed E-state index contributed by atoms with van der Waals surface area (Å²) >= 11 is 1.25. The van der Waals surface area contributed by atoms with Crippen LogP contribution in [0.1, 0.15) is 38.6 Å². The number of amides is 2. The standard InChI is InChI=1S/C16H19N3O3S.ClH/c1-9-7-13(19-15(20)12-3-2-6-22-12)23-14(9)16(21)18-11(8-17)10-4-5-10;/h2-3,6-7,10-11H,4-5,8,17H2,1H3,(H,18,21)(H,19,20);1H. The van der Waals surface area contributed by atoms with E-state index in [0.29, 0.717) is 22.3 Å². The molecule has 1 unspecified atom stereocenters. The fourth-order valence-corrected chi connectivity index (χ4v) is 3.42. The van der Waals surface area contributed by atoms with Gasteiger partial charge in [-0.3, -0.25) is 9.59 Å². The van der Waals surface area contributed by atoms with E-state index in [1.54, 1.807) is 18.2 Å². The lowest BCUT2D eigenvalue weighted by Crippen LogP contribution is -2.41. The normalized spacial score (nSPS) is 14.6. The van der Waals surface area contributed by atoms with Crippen molar-refractivity contribution < 1.29 is 14.0 Å². The maximum absolute atomic E-state index is 12.4. The molecule has 0 bridgehead atoms. The van der Waals surface area contributed by atoms with Crippen molar-refractivity contribution in [2.75, 3.05) is 11.9 Å². The van der Waals surface area contributed by atoms with Gasteiger partial charge in [0.15, 0.2) is 5.76 Å². The minimum absolute atomic E-state index is 0. The van der Waals surface area contributed by atoms with Crippen LogP contribution in [0.25, 0.3) is 0 Å². The van der Waals surface area contributed by atoms with Crippen LogP contribution in [-0.2, 0) is 0 Å². The highest BCUT2D eigenvalue weighted by Crippen LogP contribution is 2.33. The number of anilines is 1. The van der Waals surface area contributed by atoms with Crippen molar-refractivity contribution in [3.8, 4) is 0 Å². The van der Waals surface area contributed by atoms with Crippen LogP contribution in [0.2, 0.25) is 0 Å². The average molecular weight is 370 g/mol. The van der Waals surface area contributed by atoms with Gasteiger partial charge in [0.25, 0.3) is 11.8 Å². The van der Waals surface area contributed by atoms with E-state index in [1.807, 2.05) is 6.92 Å². The van der Waals surface area contributed by atoms with Gasteiger partial charge in [0.2, 0.25) is 0 Å². The number of furan rings is 1. The van der Waals surface area contributed by atoms with E-state index in [-0.39, 0.29) is 36.0 Å². The van der Waals surface area contributed by atoms with Crippen LogP contribution in [0.15, 0.2) is 28.9 Å². The minimum atomic E-state index is -0.332. The number of hydrogen-bond acceptors (Lipinski definition) is 5. The first kappa shape index (κ1) is 18.5. The quantitative estimate of drug-likeness (QED) is 0.729. The molecule has 1 fully saturated rings. The van der Waals surface area contributed by atoms with Gasteiger partial charge in [-0.2, -0.15) is 0 Å². The molecule has 130 valence electrons. The summed E-state index contributed by atoms with van der Waals surface area (Å²) in [7, 11) is 0. The topological polar surface area (TPSA) is 97.4 Å². The third-order valence-corrected chi connectivity index (χ3v) is 5.02. The molecule has 4 N–H and O–H groups in total. The largest absolute Gasteiger partial charge is 0.459 e. The molecule has 1 aliphatic carbocycles. The summed E-state index contributed by atoms with van der Waals surface area (Å²) in [5.41, 5.74) is 6.55. The highest BCUT2D eigenvalue weighted by Gasteiger charge is 2.32. The molecule has 8 heteroatoms. The summed E-state index contributed by atoms with van der Waals surface area (Å²) in [5.74, 6) is 0.274. The summed E-state index contributed by atoms with van der Waals surface area (Å²) < 4.78 is 5.05. The number of carbonyl (C=O) groups is 2. The van der Waals surface area contributed by atoms with Crippen LogP contribution < -0.4 is 16.4 Å². The molecule has 0 aromatic carbocycles. The van der Waals surface area contributed by atoms with E-state index in [2.05, 4.69) is 10.6 Å². The Hall–Kier alpha value is -1.83. The summed E-state index contributed by atoms with van der Waals surface area (Å²) in [5, 5.41) is 6.35. The average Bonchev–Trinajstić information content (AvgIpc) is 3.08. The van der Waals surface area contributed by atoms with E-state index in [9.17, 15) is 9.59 Å². The summed E-state index contributed by atoms with van der Waals surface area (Å²) in [6, 6.07) is 5.06. The first-order valence-corrected chi connectivity index (χ1v) is 8.36. The molecular formula is C16H20ClN3O3S. The molecule has 0 saturated heterocycles. The Kier molecular flexibility index (Phi) is 6.04. The first-order valence-electron chi connectivity index (χ1n) is 7.54. The van der Waals surface area contributed by atoms with E-state index in [0.717, 1.165) is 18.4 Å². The van der Waals surface area contributed by atoms with Crippen LogP contribution in [0.3, 0.4) is 0 Å². The SMILES string of the molecule is Cc1cc(NC(=O)c2ccco2)sc1C(=O)NC(CN)C1CC1.Cl. The van der Waals surface area contributed by atoms with Gasteiger partial charge in [-0.05, 0) is 49.4 Å². The van der Waals surface area contributed by atoms with Crippen LogP contribution in [0.4, 0.5) is 5.00 Å². The van der Waals surface area contributed by atoms with Crippen molar-refractivity contribution in [1.29, 1.82) is 0 Å². The Labute approximate surface area is 150 Å². The number of nitrogens with two attached hydrogens (primary N) is 1. The van der Waals surface area contributed by atoms with Crippen molar-refractivity contribution in [3.05, 3.63) is 40.7 Å². The molecule has 2 amide bonds. The van der Waals surface area contributed by atoms with E-state index >= 15 is 0 Å². The fourth-order valence-electron chi connectivity index (χ4n) is 2.45. The Morgan fingerprint density at radius 2 is 2.17 bits per heavy atom. The van der Waals surface area contributed by atoms with Gasteiger partial charge >= 0.3 is 0 Å². The van der Waals surface area contributed by atoms with Crippen LogP contribution in [0, 0.1) is 12.8 Å². The molecule has 0 aliphatic heterocycles. The van der Waals surface area contributed by atoms with Crippen molar-refractivity contribution >= 4 is 40.6 Å². The monoisotopic (exact) mass is 369 g/mol. The maximum atomic E-state index is 12.4. The molecule has 24 heavy (non-hydrogen) atoms. The lowest BCUT2D eigenvalue weighted by molar-refractivity contribution is 0.0936. The lowest BCUT2D eigenvalue weighted by atomic mass is 10.2. The van der Waals surface area contributed by atoms with Gasteiger partial charge in [0, 0.05) is 12.6 Å². The zero-order valence-electron chi connectivity index (χ0n) is 13.2. The van der Waals surface area contributed by atoms with Gasteiger partial charge in [0.1, 0.15) is 0 Å². The molecule has 2 aromatic rings. The molecule has 0 radical (unpaired) electrons. The summed E-state index contributed by atoms with van der Waals surface area (Å²) in [6.45, 7) is 2.30. The second-order valence-corrected chi connectivity index (χ2v) is 6.76. The second kappa shape index (κ2) is 7.83. The van der Waals surface area contributed by atoms with Crippen LogP contribution in [-0.4, -0.2) is 24.4 Å². The van der Waals surface area contributed by atoms with Gasteiger partial charge in [0.05, 0.1) is 16.1 Å². The summed E-state index contributed by atoms with van der Waals surface area (Å²) in [4.78, 5) is 25.0. The second-order valence-electron chi connectivity index (χ2n) is 5.71. The molecule has 2 aromatic heterocycles. The predicted molar refractivity (Wildman–Crippen MR) is 96.0 cm³/mol. The molecule has 2 heterocycles. The van der Waals surface area contributed by atoms with E-state index in [4.69, 9.17) is 10.2 Å². The lowest BCUT2D eigenvalue weighted by Gasteiger charge is -2.15. The fraction of sp³-hybridized carbons (Fsp3) is 0.375.